The van der Waals surface area contributed by atoms with Gasteiger partial charge in [-0.25, -0.2) is 4.39 Å². The van der Waals surface area contributed by atoms with Crippen molar-refractivity contribution in [3.8, 4) is 28.1 Å². The van der Waals surface area contributed by atoms with Gasteiger partial charge in [0.2, 0.25) is 0 Å². The molecule has 0 atom stereocenters. The van der Waals surface area contributed by atoms with E-state index in [0.29, 0.717) is 12.4 Å². The van der Waals surface area contributed by atoms with E-state index in [1.807, 2.05) is 38.2 Å². The number of ether oxygens (including phenoxy) is 1. The van der Waals surface area contributed by atoms with Gasteiger partial charge >= 0.3 is 0 Å². The molecule has 142 valence electrons. The van der Waals surface area contributed by atoms with Crippen molar-refractivity contribution in [2.75, 3.05) is 20.2 Å². The van der Waals surface area contributed by atoms with Gasteiger partial charge in [0.1, 0.15) is 18.2 Å². The van der Waals surface area contributed by atoms with Crippen LogP contribution in [-0.4, -0.2) is 35.2 Å². The Hall–Kier alpha value is -3.25. The highest BCUT2D eigenvalue weighted by Crippen LogP contribution is 2.40. The van der Waals surface area contributed by atoms with Crippen LogP contribution in [0.15, 0.2) is 55.0 Å². The molecule has 0 aliphatic heterocycles. The van der Waals surface area contributed by atoms with E-state index in [9.17, 15) is 4.39 Å². The predicted octanol–water partition coefficient (Wildman–Crippen LogP) is 4.34. The van der Waals surface area contributed by atoms with E-state index in [0.717, 1.165) is 45.5 Å². The Balaban J connectivity index is 1.94. The Kier molecular flexibility index (Phi) is 5.04. The van der Waals surface area contributed by atoms with Crippen molar-refractivity contribution in [1.82, 2.24) is 20.3 Å². The highest BCUT2D eigenvalue weighted by atomic mass is 19.1. The molecule has 0 bridgehead atoms. The molecule has 0 fully saturated rings. The number of H-pyrrole nitrogens is 1. The van der Waals surface area contributed by atoms with Gasteiger partial charge in [-0.1, -0.05) is 6.07 Å². The quantitative estimate of drug-likeness (QED) is 0.492. The van der Waals surface area contributed by atoms with E-state index in [1.165, 1.54) is 12.1 Å². The van der Waals surface area contributed by atoms with Crippen LogP contribution in [0.1, 0.15) is 5.56 Å². The zero-order valence-corrected chi connectivity index (χ0v) is 15.8. The Morgan fingerprint density at radius 2 is 2.07 bits per heavy atom. The van der Waals surface area contributed by atoms with Crippen LogP contribution in [0, 0.1) is 12.7 Å². The number of pyridine rings is 2. The van der Waals surface area contributed by atoms with Gasteiger partial charge in [0.15, 0.2) is 0 Å². The third-order valence-electron chi connectivity index (χ3n) is 4.55. The minimum atomic E-state index is -0.272. The maximum absolute atomic E-state index is 14.2. The molecule has 0 aliphatic carbocycles. The summed E-state index contributed by atoms with van der Waals surface area (Å²) < 4.78 is 20.1. The van der Waals surface area contributed by atoms with E-state index in [2.05, 4.69) is 20.3 Å². The topological polar surface area (TPSA) is 62.8 Å². The van der Waals surface area contributed by atoms with E-state index < -0.39 is 0 Å². The summed E-state index contributed by atoms with van der Waals surface area (Å²) in [5, 5.41) is 3.06. The number of fused-ring (bicyclic) bond motifs is 1. The lowest BCUT2D eigenvalue weighted by atomic mass is 9.99. The zero-order chi connectivity index (χ0) is 19.5. The lowest BCUT2D eigenvalue weighted by Gasteiger charge is -2.12. The van der Waals surface area contributed by atoms with Crippen LogP contribution in [-0.2, 0) is 0 Å². The smallest absolute Gasteiger partial charge is 0.146 e. The van der Waals surface area contributed by atoms with Crippen LogP contribution in [0.4, 0.5) is 4.39 Å². The molecular weight excluding hydrogens is 355 g/mol. The van der Waals surface area contributed by atoms with Crippen LogP contribution in [0.25, 0.3) is 33.4 Å². The highest BCUT2D eigenvalue weighted by Gasteiger charge is 2.19. The Labute approximate surface area is 162 Å². The molecule has 5 nitrogen and oxygen atoms in total. The van der Waals surface area contributed by atoms with Crippen LogP contribution in [0.2, 0.25) is 0 Å². The number of rotatable bonds is 6. The van der Waals surface area contributed by atoms with Gasteiger partial charge in [-0.05, 0) is 55.4 Å². The van der Waals surface area contributed by atoms with Crippen molar-refractivity contribution < 1.29 is 9.13 Å². The molecule has 28 heavy (non-hydrogen) atoms. The second kappa shape index (κ2) is 7.78. The molecule has 0 aliphatic rings. The summed E-state index contributed by atoms with van der Waals surface area (Å²) in [5.74, 6) is 0.394. The van der Waals surface area contributed by atoms with Crippen molar-refractivity contribution >= 4 is 11.0 Å². The maximum Gasteiger partial charge on any atom is 0.146 e. The Morgan fingerprint density at radius 1 is 1.18 bits per heavy atom. The number of benzene rings is 1. The third-order valence-corrected chi connectivity index (χ3v) is 4.55. The molecule has 3 heterocycles. The molecule has 2 N–H and O–H groups in total. The molecule has 0 unspecified atom stereocenters. The monoisotopic (exact) mass is 376 g/mol. The second-order valence-electron chi connectivity index (χ2n) is 6.62. The fourth-order valence-electron chi connectivity index (χ4n) is 3.35. The molecular formula is C22H21FN4O. The number of aromatic amines is 1. The van der Waals surface area contributed by atoms with Crippen LogP contribution < -0.4 is 10.1 Å². The predicted molar refractivity (Wildman–Crippen MR) is 109 cm³/mol. The number of aromatic nitrogens is 3. The Morgan fingerprint density at radius 3 is 2.89 bits per heavy atom. The van der Waals surface area contributed by atoms with E-state index >= 15 is 0 Å². The summed E-state index contributed by atoms with van der Waals surface area (Å²) in [6, 6.07) is 10.8. The maximum atomic E-state index is 14.2. The minimum absolute atomic E-state index is 0.272. The lowest BCUT2D eigenvalue weighted by molar-refractivity contribution is 0.318. The van der Waals surface area contributed by atoms with Crippen LogP contribution in [0.3, 0.4) is 0 Å². The molecule has 4 aromatic rings. The number of likely N-dealkylation sites (N-methyl/N-ethyl adjacent to an activating group) is 1. The largest absolute Gasteiger partial charge is 0.490 e. The van der Waals surface area contributed by atoms with Crippen molar-refractivity contribution in [1.29, 1.82) is 0 Å². The van der Waals surface area contributed by atoms with E-state index in [-0.39, 0.29) is 5.82 Å². The molecule has 0 radical (unpaired) electrons. The van der Waals surface area contributed by atoms with Crippen molar-refractivity contribution in [3.05, 3.63) is 66.4 Å². The van der Waals surface area contributed by atoms with Gasteiger partial charge in [-0.3, -0.25) is 9.97 Å². The summed E-state index contributed by atoms with van der Waals surface area (Å²) in [6.45, 7) is 3.12. The SMILES string of the molecule is CNCCOc1cnccc1-c1[nH]c2cccnc2c1-c1cc(C)cc(F)c1. The lowest BCUT2D eigenvalue weighted by Crippen LogP contribution is -2.16. The van der Waals surface area contributed by atoms with Gasteiger partial charge < -0.3 is 15.0 Å². The molecule has 0 spiro atoms. The van der Waals surface area contributed by atoms with E-state index in [4.69, 9.17) is 4.74 Å². The van der Waals surface area contributed by atoms with Gasteiger partial charge in [0.05, 0.1) is 22.9 Å². The van der Waals surface area contributed by atoms with Gasteiger partial charge in [0, 0.05) is 30.1 Å². The van der Waals surface area contributed by atoms with Crippen molar-refractivity contribution in [2.45, 2.75) is 6.92 Å². The van der Waals surface area contributed by atoms with Crippen molar-refractivity contribution in [3.63, 3.8) is 0 Å². The number of hydrogen-bond acceptors (Lipinski definition) is 4. The van der Waals surface area contributed by atoms with Crippen LogP contribution >= 0.6 is 0 Å². The summed E-state index contributed by atoms with van der Waals surface area (Å²) >= 11 is 0. The summed E-state index contributed by atoms with van der Waals surface area (Å²) in [4.78, 5) is 12.2. The molecule has 0 amide bonds. The van der Waals surface area contributed by atoms with Gasteiger partial charge in [0.25, 0.3) is 0 Å². The average molecular weight is 376 g/mol. The number of nitrogens with one attached hydrogen (secondary N) is 2. The summed E-state index contributed by atoms with van der Waals surface area (Å²) in [6.07, 6.45) is 5.16. The fraction of sp³-hybridized carbons (Fsp3) is 0.182. The minimum Gasteiger partial charge on any atom is -0.490 e. The first-order chi connectivity index (χ1) is 13.7. The number of nitrogens with zero attached hydrogens (tertiary/aromatic N) is 2. The summed E-state index contributed by atoms with van der Waals surface area (Å²) in [5.41, 5.74) is 5.85. The zero-order valence-electron chi connectivity index (χ0n) is 15.8. The first-order valence-electron chi connectivity index (χ1n) is 9.13. The number of hydrogen-bond donors (Lipinski definition) is 2. The average Bonchev–Trinajstić information content (AvgIpc) is 3.07. The third kappa shape index (κ3) is 3.46. The Bertz CT molecular complexity index is 1100. The molecule has 4 rings (SSSR count). The summed E-state index contributed by atoms with van der Waals surface area (Å²) in [7, 11) is 1.88. The molecule has 3 aromatic heterocycles. The molecule has 0 saturated heterocycles. The standard InChI is InChI=1S/C22H21FN4O/c1-14-10-15(12-16(23)11-14)20-21(27-18-4-3-6-26-22(18)20)17-5-7-25-13-19(17)28-9-8-24-2/h3-7,10-13,24,27H,8-9H2,1-2H3. The van der Waals surface area contributed by atoms with E-state index in [1.54, 1.807) is 18.6 Å². The second-order valence-corrected chi connectivity index (χ2v) is 6.62. The van der Waals surface area contributed by atoms with Gasteiger partial charge in [-0.15, -0.1) is 0 Å². The first-order valence-corrected chi connectivity index (χ1v) is 9.13. The first kappa shape index (κ1) is 18.1. The van der Waals surface area contributed by atoms with Crippen molar-refractivity contribution in [2.24, 2.45) is 0 Å². The number of halogens is 1. The number of aryl methyl sites for hydroxylation is 1. The molecule has 1 aromatic carbocycles. The van der Waals surface area contributed by atoms with Gasteiger partial charge in [-0.2, -0.15) is 0 Å². The van der Waals surface area contributed by atoms with Crippen LogP contribution in [0.5, 0.6) is 5.75 Å². The molecule has 0 saturated carbocycles. The highest BCUT2D eigenvalue weighted by molar-refractivity contribution is 6.02. The normalized spacial score (nSPS) is 11.1. The fourth-order valence-corrected chi connectivity index (χ4v) is 3.35. The molecule has 6 heteroatoms.